The first kappa shape index (κ1) is 15.7. The third-order valence-corrected chi connectivity index (χ3v) is 3.86. The Hall–Kier alpha value is -1.66. The van der Waals surface area contributed by atoms with E-state index < -0.39 is 0 Å². The largest absolute Gasteiger partial charge is 0.484 e. The van der Waals surface area contributed by atoms with E-state index >= 15 is 0 Å². The summed E-state index contributed by atoms with van der Waals surface area (Å²) >= 11 is 7.40. The SMILES string of the molecule is Cc1nnc(CCNC(=O)COc2ccc(Cl)cc2C)s1. The molecule has 0 saturated carbocycles. The van der Waals surface area contributed by atoms with Crippen LogP contribution < -0.4 is 10.1 Å². The Kier molecular flexibility index (Phi) is 5.52. The molecule has 0 radical (unpaired) electrons. The highest BCUT2D eigenvalue weighted by molar-refractivity contribution is 7.11. The van der Waals surface area contributed by atoms with Crippen LogP contribution in [0, 0.1) is 13.8 Å². The maximum atomic E-state index is 11.7. The first-order valence-electron chi connectivity index (χ1n) is 6.49. The van der Waals surface area contributed by atoms with Crippen LogP contribution in [0.3, 0.4) is 0 Å². The van der Waals surface area contributed by atoms with Crippen LogP contribution in [0.15, 0.2) is 18.2 Å². The standard InChI is InChI=1S/C14H16ClN3O2S/c1-9-7-11(15)3-4-12(9)20-8-13(19)16-6-5-14-18-17-10(2)21-14/h3-4,7H,5-6,8H2,1-2H3,(H,16,19). The van der Waals surface area contributed by atoms with Crippen molar-refractivity contribution in [2.45, 2.75) is 20.3 Å². The Bertz CT molecular complexity index is 630. The number of benzene rings is 1. The molecule has 0 fully saturated rings. The summed E-state index contributed by atoms with van der Waals surface area (Å²) in [4.78, 5) is 11.7. The lowest BCUT2D eigenvalue weighted by Gasteiger charge is -2.09. The van der Waals surface area contributed by atoms with E-state index in [0.717, 1.165) is 15.6 Å². The Morgan fingerprint density at radius 1 is 1.38 bits per heavy atom. The molecule has 0 bridgehead atoms. The Labute approximate surface area is 132 Å². The van der Waals surface area contributed by atoms with E-state index in [1.807, 2.05) is 13.8 Å². The zero-order chi connectivity index (χ0) is 15.2. The molecule has 7 heteroatoms. The molecule has 1 aromatic heterocycles. The minimum Gasteiger partial charge on any atom is -0.484 e. The molecule has 0 aliphatic heterocycles. The van der Waals surface area contributed by atoms with Gasteiger partial charge in [0.1, 0.15) is 15.8 Å². The smallest absolute Gasteiger partial charge is 0.257 e. The second kappa shape index (κ2) is 7.38. The highest BCUT2D eigenvalue weighted by Crippen LogP contribution is 2.21. The van der Waals surface area contributed by atoms with Crippen LogP contribution in [0.5, 0.6) is 5.75 Å². The van der Waals surface area contributed by atoms with Crippen LogP contribution in [0.1, 0.15) is 15.6 Å². The van der Waals surface area contributed by atoms with Gasteiger partial charge in [0.25, 0.3) is 5.91 Å². The maximum absolute atomic E-state index is 11.7. The molecule has 1 aromatic carbocycles. The van der Waals surface area contributed by atoms with Crippen molar-refractivity contribution in [3.8, 4) is 5.75 Å². The molecule has 0 spiro atoms. The minimum absolute atomic E-state index is 0.0163. The van der Waals surface area contributed by atoms with Crippen molar-refractivity contribution in [1.29, 1.82) is 0 Å². The molecule has 0 unspecified atom stereocenters. The summed E-state index contributed by atoms with van der Waals surface area (Å²) in [6.45, 7) is 4.30. The monoisotopic (exact) mass is 325 g/mol. The summed E-state index contributed by atoms with van der Waals surface area (Å²) in [5.74, 6) is 0.500. The number of amides is 1. The fourth-order valence-corrected chi connectivity index (χ4v) is 2.65. The topological polar surface area (TPSA) is 64.1 Å². The van der Waals surface area contributed by atoms with Gasteiger partial charge in [-0.3, -0.25) is 4.79 Å². The quantitative estimate of drug-likeness (QED) is 0.886. The molecule has 1 N–H and O–H groups in total. The lowest BCUT2D eigenvalue weighted by molar-refractivity contribution is -0.123. The highest BCUT2D eigenvalue weighted by Gasteiger charge is 2.06. The van der Waals surface area contributed by atoms with Crippen LogP contribution in [-0.4, -0.2) is 29.3 Å². The van der Waals surface area contributed by atoms with Crippen molar-refractivity contribution in [1.82, 2.24) is 15.5 Å². The molecule has 1 heterocycles. The van der Waals surface area contributed by atoms with Gasteiger partial charge in [0, 0.05) is 18.0 Å². The number of aromatic nitrogens is 2. The number of rotatable bonds is 6. The Morgan fingerprint density at radius 3 is 2.86 bits per heavy atom. The molecule has 2 rings (SSSR count). The Morgan fingerprint density at radius 2 is 2.19 bits per heavy atom. The number of halogens is 1. The lowest BCUT2D eigenvalue weighted by atomic mass is 10.2. The van der Waals surface area contributed by atoms with Crippen molar-refractivity contribution >= 4 is 28.8 Å². The van der Waals surface area contributed by atoms with Gasteiger partial charge in [-0.2, -0.15) is 0 Å². The van der Waals surface area contributed by atoms with Gasteiger partial charge in [-0.05, 0) is 37.6 Å². The minimum atomic E-state index is -0.161. The summed E-state index contributed by atoms with van der Waals surface area (Å²) in [5, 5.41) is 13.2. The van der Waals surface area contributed by atoms with Gasteiger partial charge >= 0.3 is 0 Å². The number of hydrogen-bond acceptors (Lipinski definition) is 5. The van der Waals surface area contributed by atoms with Gasteiger partial charge in [0.05, 0.1) is 0 Å². The van der Waals surface area contributed by atoms with E-state index in [1.165, 1.54) is 11.3 Å². The molecule has 1 amide bonds. The van der Waals surface area contributed by atoms with E-state index in [-0.39, 0.29) is 12.5 Å². The van der Waals surface area contributed by atoms with Crippen LogP contribution in [0.25, 0.3) is 0 Å². The number of ether oxygens (including phenoxy) is 1. The maximum Gasteiger partial charge on any atom is 0.257 e. The van der Waals surface area contributed by atoms with E-state index in [2.05, 4.69) is 15.5 Å². The molecule has 112 valence electrons. The van der Waals surface area contributed by atoms with Crippen LogP contribution >= 0.6 is 22.9 Å². The predicted molar refractivity (Wildman–Crippen MR) is 83.0 cm³/mol. The molecule has 0 aliphatic carbocycles. The van der Waals surface area contributed by atoms with E-state index in [9.17, 15) is 4.79 Å². The summed E-state index contributed by atoms with van der Waals surface area (Å²) in [6.07, 6.45) is 0.678. The summed E-state index contributed by atoms with van der Waals surface area (Å²) in [6, 6.07) is 5.29. The molecular formula is C14H16ClN3O2S. The van der Waals surface area contributed by atoms with Gasteiger partial charge < -0.3 is 10.1 Å². The van der Waals surface area contributed by atoms with Gasteiger partial charge in [-0.15, -0.1) is 21.5 Å². The number of aryl methyl sites for hydroxylation is 2. The highest BCUT2D eigenvalue weighted by atomic mass is 35.5. The third-order valence-electron chi connectivity index (χ3n) is 2.72. The van der Waals surface area contributed by atoms with Gasteiger partial charge in [-0.1, -0.05) is 11.6 Å². The van der Waals surface area contributed by atoms with Crippen molar-refractivity contribution in [3.63, 3.8) is 0 Å². The fourth-order valence-electron chi connectivity index (χ4n) is 1.72. The average molecular weight is 326 g/mol. The molecule has 21 heavy (non-hydrogen) atoms. The van der Waals surface area contributed by atoms with E-state index in [0.29, 0.717) is 23.7 Å². The van der Waals surface area contributed by atoms with Crippen LogP contribution in [0.4, 0.5) is 0 Å². The van der Waals surface area contributed by atoms with Crippen LogP contribution in [-0.2, 0) is 11.2 Å². The number of nitrogens with one attached hydrogen (secondary N) is 1. The summed E-state index contributed by atoms with van der Waals surface area (Å²) in [5.41, 5.74) is 0.902. The molecular weight excluding hydrogens is 310 g/mol. The zero-order valence-corrected chi connectivity index (χ0v) is 13.4. The fraction of sp³-hybridized carbons (Fsp3) is 0.357. The Balaban J connectivity index is 1.72. The zero-order valence-electron chi connectivity index (χ0n) is 11.9. The van der Waals surface area contributed by atoms with Crippen molar-refractivity contribution in [2.24, 2.45) is 0 Å². The predicted octanol–water partition coefficient (Wildman–Crippen LogP) is 2.55. The lowest BCUT2D eigenvalue weighted by Crippen LogP contribution is -2.30. The second-order valence-electron chi connectivity index (χ2n) is 4.51. The summed E-state index contributed by atoms with van der Waals surface area (Å²) in [7, 11) is 0. The molecule has 0 aliphatic rings. The van der Waals surface area contributed by atoms with Gasteiger partial charge in [0.15, 0.2) is 6.61 Å². The van der Waals surface area contributed by atoms with Crippen LogP contribution in [0.2, 0.25) is 5.02 Å². The average Bonchev–Trinajstić information content (AvgIpc) is 2.83. The first-order chi connectivity index (χ1) is 10.0. The van der Waals surface area contributed by atoms with Gasteiger partial charge in [0.2, 0.25) is 0 Å². The van der Waals surface area contributed by atoms with Crippen molar-refractivity contribution in [3.05, 3.63) is 38.8 Å². The van der Waals surface area contributed by atoms with E-state index in [1.54, 1.807) is 18.2 Å². The summed E-state index contributed by atoms with van der Waals surface area (Å²) < 4.78 is 5.46. The third kappa shape index (κ3) is 4.99. The second-order valence-corrected chi connectivity index (χ2v) is 6.22. The molecule has 0 atom stereocenters. The van der Waals surface area contributed by atoms with Gasteiger partial charge in [-0.25, -0.2) is 0 Å². The number of carbonyl (C=O) groups is 1. The normalized spacial score (nSPS) is 10.4. The van der Waals surface area contributed by atoms with Crippen molar-refractivity contribution < 1.29 is 9.53 Å². The first-order valence-corrected chi connectivity index (χ1v) is 7.68. The van der Waals surface area contributed by atoms with E-state index in [4.69, 9.17) is 16.3 Å². The molecule has 0 saturated heterocycles. The van der Waals surface area contributed by atoms with Crippen molar-refractivity contribution in [2.75, 3.05) is 13.2 Å². The number of hydrogen-bond donors (Lipinski definition) is 1. The number of carbonyl (C=O) groups excluding carboxylic acids is 1. The molecule has 5 nitrogen and oxygen atoms in total. The molecule has 2 aromatic rings. The number of nitrogens with zero attached hydrogens (tertiary/aromatic N) is 2.